The summed E-state index contributed by atoms with van der Waals surface area (Å²) < 4.78 is 21.8. The van der Waals surface area contributed by atoms with E-state index in [4.69, 9.17) is 18.9 Å². The Morgan fingerprint density at radius 2 is 0.952 bits per heavy atom. The van der Waals surface area contributed by atoms with Gasteiger partial charge in [-0.25, -0.2) is 4.79 Å². The number of rotatable bonds is 26. The van der Waals surface area contributed by atoms with Gasteiger partial charge in [0.15, 0.2) is 6.10 Å². The first-order valence-corrected chi connectivity index (χ1v) is 15.9. The molecule has 7 nitrogen and oxygen atoms in total. The number of carbonyl (C=O) groups excluding carboxylic acids is 2. The number of esters is 2. The van der Waals surface area contributed by atoms with Crippen molar-refractivity contribution in [3.05, 3.63) is 71.8 Å². The van der Waals surface area contributed by atoms with Gasteiger partial charge in [-0.15, -0.1) is 0 Å². The number of ether oxygens (including phenoxy) is 4. The standard InChI is InChI=1S/C35H52O7/c36-33(35(38)42-28-18-8-4-2-6-16-26-40-30-32-21-13-10-14-22-32)23-24-34(37)41-27-17-7-3-1-5-15-25-39-29-31-19-11-9-12-20-31/h9-14,19-22,33,36H,1-8,15-18,23-30H2. The number of hydrogen-bond donors (Lipinski definition) is 1. The molecule has 42 heavy (non-hydrogen) atoms. The van der Waals surface area contributed by atoms with E-state index in [2.05, 4.69) is 24.3 Å². The molecule has 1 atom stereocenters. The summed E-state index contributed by atoms with van der Waals surface area (Å²) >= 11 is 0. The highest BCUT2D eigenvalue weighted by Gasteiger charge is 2.18. The van der Waals surface area contributed by atoms with E-state index in [1.54, 1.807) is 0 Å². The first-order chi connectivity index (χ1) is 20.6. The fraction of sp³-hybridized carbons (Fsp3) is 0.600. The molecule has 2 aromatic carbocycles. The van der Waals surface area contributed by atoms with E-state index in [1.165, 1.54) is 11.1 Å². The lowest BCUT2D eigenvalue weighted by Gasteiger charge is -2.11. The molecule has 1 unspecified atom stereocenters. The van der Waals surface area contributed by atoms with Gasteiger partial charge in [-0.2, -0.15) is 0 Å². The lowest BCUT2D eigenvalue weighted by atomic mass is 10.1. The molecule has 0 aliphatic carbocycles. The molecule has 2 aromatic rings. The van der Waals surface area contributed by atoms with Crippen molar-refractivity contribution in [2.45, 2.75) is 109 Å². The zero-order valence-electron chi connectivity index (χ0n) is 25.4. The monoisotopic (exact) mass is 584 g/mol. The summed E-state index contributed by atoms with van der Waals surface area (Å²) in [4.78, 5) is 23.9. The Morgan fingerprint density at radius 1 is 0.548 bits per heavy atom. The van der Waals surface area contributed by atoms with Crippen molar-refractivity contribution in [1.29, 1.82) is 0 Å². The molecule has 7 heteroatoms. The molecule has 0 saturated carbocycles. The van der Waals surface area contributed by atoms with Gasteiger partial charge in [-0.1, -0.05) is 112 Å². The number of carbonyl (C=O) groups is 2. The molecule has 0 aromatic heterocycles. The minimum atomic E-state index is -1.29. The van der Waals surface area contributed by atoms with Crippen molar-refractivity contribution in [3.8, 4) is 0 Å². The number of aliphatic hydroxyl groups excluding tert-OH is 1. The minimum absolute atomic E-state index is 0.00825. The lowest BCUT2D eigenvalue weighted by Crippen LogP contribution is -2.24. The topological polar surface area (TPSA) is 91.3 Å². The molecule has 2 rings (SSSR count). The second-order valence-corrected chi connectivity index (χ2v) is 10.8. The Balaban J connectivity index is 1.29. The van der Waals surface area contributed by atoms with Gasteiger partial charge in [0.05, 0.1) is 26.4 Å². The first kappa shape index (κ1) is 35.5. The van der Waals surface area contributed by atoms with Crippen molar-refractivity contribution >= 4 is 11.9 Å². The maximum atomic E-state index is 12.0. The summed E-state index contributed by atoms with van der Waals surface area (Å²) in [5.41, 5.74) is 2.40. The van der Waals surface area contributed by atoms with Crippen LogP contribution < -0.4 is 0 Å². The van der Waals surface area contributed by atoms with Gasteiger partial charge in [0.2, 0.25) is 0 Å². The van der Waals surface area contributed by atoms with Gasteiger partial charge in [-0.05, 0) is 43.2 Å². The molecule has 0 spiro atoms. The van der Waals surface area contributed by atoms with Gasteiger partial charge < -0.3 is 24.1 Å². The van der Waals surface area contributed by atoms with Crippen LogP contribution in [0.15, 0.2) is 60.7 Å². The molecular weight excluding hydrogens is 532 g/mol. The predicted octanol–water partition coefficient (Wildman–Crippen LogP) is 7.33. The van der Waals surface area contributed by atoms with E-state index in [9.17, 15) is 14.7 Å². The molecule has 1 N–H and O–H groups in total. The summed E-state index contributed by atoms with van der Waals surface area (Å²) in [6.45, 7) is 3.54. The molecule has 0 aliphatic heterocycles. The fourth-order valence-corrected chi connectivity index (χ4v) is 4.45. The van der Waals surface area contributed by atoms with Crippen LogP contribution >= 0.6 is 0 Å². The van der Waals surface area contributed by atoms with Gasteiger partial charge in [0.25, 0.3) is 0 Å². The molecule has 0 aliphatic rings. The molecule has 234 valence electrons. The average Bonchev–Trinajstić information content (AvgIpc) is 3.02. The zero-order chi connectivity index (χ0) is 29.9. The van der Waals surface area contributed by atoms with Crippen LogP contribution in [-0.2, 0) is 41.8 Å². The third-order valence-corrected chi connectivity index (χ3v) is 6.99. The van der Waals surface area contributed by atoms with Crippen molar-refractivity contribution in [2.24, 2.45) is 0 Å². The van der Waals surface area contributed by atoms with Crippen LogP contribution in [0, 0.1) is 0 Å². The Kier molecular flexibility index (Phi) is 21.0. The second kappa shape index (κ2) is 24.8. The number of aliphatic hydroxyl groups is 1. The maximum Gasteiger partial charge on any atom is 0.334 e. The number of unbranched alkanes of at least 4 members (excludes halogenated alkanes) is 10. The van der Waals surface area contributed by atoms with E-state index in [0.29, 0.717) is 26.4 Å². The third kappa shape index (κ3) is 19.4. The third-order valence-electron chi connectivity index (χ3n) is 6.99. The van der Waals surface area contributed by atoms with Crippen LogP contribution in [0.25, 0.3) is 0 Å². The van der Waals surface area contributed by atoms with E-state index >= 15 is 0 Å². The Labute approximate surface area is 252 Å². The normalized spacial score (nSPS) is 11.7. The summed E-state index contributed by atoms with van der Waals surface area (Å²) in [6.07, 6.45) is 11.1. The molecule has 0 fully saturated rings. The summed E-state index contributed by atoms with van der Waals surface area (Å²) in [5.74, 6) is -1.05. The second-order valence-electron chi connectivity index (χ2n) is 10.8. The molecular formula is C35H52O7. The van der Waals surface area contributed by atoms with Crippen molar-refractivity contribution in [2.75, 3.05) is 26.4 Å². The van der Waals surface area contributed by atoms with Crippen molar-refractivity contribution in [3.63, 3.8) is 0 Å². The highest BCUT2D eigenvalue weighted by Crippen LogP contribution is 2.10. The van der Waals surface area contributed by atoms with Gasteiger partial charge in [0.1, 0.15) is 0 Å². The van der Waals surface area contributed by atoms with Crippen molar-refractivity contribution < 1.29 is 33.6 Å². The molecule has 0 saturated heterocycles. The Bertz CT molecular complexity index is 919. The van der Waals surface area contributed by atoms with Gasteiger partial charge in [0, 0.05) is 19.6 Å². The smallest absolute Gasteiger partial charge is 0.334 e. The van der Waals surface area contributed by atoms with E-state index in [1.807, 2.05) is 36.4 Å². The molecule has 0 radical (unpaired) electrons. The summed E-state index contributed by atoms with van der Waals surface area (Å²) in [5, 5.41) is 9.98. The van der Waals surface area contributed by atoms with Crippen molar-refractivity contribution in [1.82, 2.24) is 0 Å². The SMILES string of the molecule is O=C(CCC(O)C(=O)OCCCCCCCCOCc1ccccc1)OCCCCCCCCOCc1ccccc1. The number of benzene rings is 2. The predicted molar refractivity (Wildman–Crippen MR) is 165 cm³/mol. The minimum Gasteiger partial charge on any atom is -0.466 e. The highest BCUT2D eigenvalue weighted by atomic mass is 16.5. The van der Waals surface area contributed by atoms with Gasteiger partial charge >= 0.3 is 11.9 Å². The van der Waals surface area contributed by atoms with Crippen LogP contribution in [0.3, 0.4) is 0 Å². The van der Waals surface area contributed by atoms with Gasteiger partial charge in [-0.3, -0.25) is 4.79 Å². The lowest BCUT2D eigenvalue weighted by molar-refractivity contribution is -0.155. The average molecular weight is 585 g/mol. The zero-order valence-corrected chi connectivity index (χ0v) is 25.4. The summed E-state index contributed by atoms with van der Waals surface area (Å²) in [7, 11) is 0. The van der Waals surface area contributed by atoms with E-state index < -0.39 is 12.1 Å². The fourth-order valence-electron chi connectivity index (χ4n) is 4.45. The molecule has 0 bridgehead atoms. The van der Waals surface area contributed by atoms with E-state index in [0.717, 1.165) is 90.3 Å². The van der Waals surface area contributed by atoms with E-state index in [-0.39, 0.29) is 18.8 Å². The summed E-state index contributed by atoms with van der Waals surface area (Å²) in [6, 6.07) is 20.4. The largest absolute Gasteiger partial charge is 0.466 e. The van der Waals surface area contributed by atoms with Crippen LogP contribution in [0.4, 0.5) is 0 Å². The van der Waals surface area contributed by atoms with Crippen LogP contribution in [0.5, 0.6) is 0 Å². The van der Waals surface area contributed by atoms with Crippen LogP contribution in [0.1, 0.15) is 101 Å². The maximum absolute atomic E-state index is 12.0. The van der Waals surface area contributed by atoms with Crippen LogP contribution in [-0.4, -0.2) is 49.6 Å². The first-order valence-electron chi connectivity index (χ1n) is 15.9. The molecule has 0 heterocycles. The number of hydrogen-bond acceptors (Lipinski definition) is 7. The molecule has 0 amide bonds. The Hall–Kier alpha value is -2.74. The highest BCUT2D eigenvalue weighted by molar-refractivity contribution is 5.76. The van der Waals surface area contributed by atoms with Crippen LogP contribution in [0.2, 0.25) is 0 Å². The quantitative estimate of drug-likeness (QED) is 0.0914. The Morgan fingerprint density at radius 3 is 1.43 bits per heavy atom.